The fourth-order valence-electron chi connectivity index (χ4n) is 1.41. The summed E-state index contributed by atoms with van der Waals surface area (Å²) < 4.78 is 0. The van der Waals surface area contributed by atoms with E-state index in [1.54, 1.807) is 11.9 Å². The molecule has 1 rings (SSSR count). The summed E-state index contributed by atoms with van der Waals surface area (Å²) in [7, 11) is 1.73. The first kappa shape index (κ1) is 9.98. The van der Waals surface area contributed by atoms with Crippen molar-refractivity contribution in [3.63, 3.8) is 0 Å². The van der Waals surface area contributed by atoms with E-state index < -0.39 is 5.97 Å². The summed E-state index contributed by atoms with van der Waals surface area (Å²) in [4.78, 5) is 22.9. The second kappa shape index (κ2) is 4.23. The zero-order valence-electron chi connectivity index (χ0n) is 7.62. The summed E-state index contributed by atoms with van der Waals surface area (Å²) in [5.41, 5.74) is 0. The van der Waals surface area contributed by atoms with Crippen molar-refractivity contribution in [1.29, 1.82) is 0 Å². The number of hydrogen-bond donors (Lipinski definition) is 2. The Morgan fingerprint density at radius 2 is 2.46 bits per heavy atom. The van der Waals surface area contributed by atoms with Gasteiger partial charge in [0.05, 0.1) is 6.54 Å². The van der Waals surface area contributed by atoms with Crippen molar-refractivity contribution >= 4 is 11.9 Å². The number of hydrogen-bond acceptors (Lipinski definition) is 3. The molecule has 13 heavy (non-hydrogen) atoms. The molecule has 0 aliphatic carbocycles. The van der Waals surface area contributed by atoms with E-state index in [0.717, 1.165) is 6.42 Å². The van der Waals surface area contributed by atoms with Gasteiger partial charge in [0.25, 0.3) is 0 Å². The van der Waals surface area contributed by atoms with Crippen molar-refractivity contribution in [3.05, 3.63) is 0 Å². The third-order valence-electron chi connectivity index (χ3n) is 2.17. The number of amides is 1. The van der Waals surface area contributed by atoms with Crippen LogP contribution in [0, 0.1) is 0 Å². The SMILES string of the molecule is CN1CC(NCC(=O)O)CCC1=O. The largest absolute Gasteiger partial charge is 0.480 e. The molecule has 1 aliphatic heterocycles. The Morgan fingerprint density at radius 1 is 1.77 bits per heavy atom. The van der Waals surface area contributed by atoms with Gasteiger partial charge >= 0.3 is 5.97 Å². The Morgan fingerprint density at radius 3 is 3.00 bits per heavy atom. The molecule has 1 fully saturated rings. The Bertz CT molecular complexity index is 217. The molecule has 0 bridgehead atoms. The number of piperidine rings is 1. The number of nitrogens with zero attached hydrogens (tertiary/aromatic N) is 1. The van der Waals surface area contributed by atoms with Crippen LogP contribution in [-0.2, 0) is 9.59 Å². The van der Waals surface area contributed by atoms with Crippen molar-refractivity contribution in [1.82, 2.24) is 10.2 Å². The average molecular weight is 186 g/mol. The highest BCUT2D eigenvalue weighted by Crippen LogP contribution is 2.08. The molecule has 1 unspecified atom stereocenters. The van der Waals surface area contributed by atoms with E-state index in [-0.39, 0.29) is 18.5 Å². The lowest BCUT2D eigenvalue weighted by Crippen LogP contribution is -2.47. The molecule has 1 saturated heterocycles. The second-order valence-corrected chi connectivity index (χ2v) is 3.28. The lowest BCUT2D eigenvalue weighted by atomic mass is 10.1. The number of carbonyl (C=O) groups excluding carboxylic acids is 1. The fourth-order valence-corrected chi connectivity index (χ4v) is 1.41. The molecule has 1 amide bonds. The maximum Gasteiger partial charge on any atom is 0.317 e. The van der Waals surface area contributed by atoms with Gasteiger partial charge < -0.3 is 15.3 Å². The Kier molecular flexibility index (Phi) is 3.25. The van der Waals surface area contributed by atoms with Gasteiger partial charge in [-0.1, -0.05) is 0 Å². The maximum atomic E-state index is 11.1. The minimum Gasteiger partial charge on any atom is -0.480 e. The highest BCUT2D eigenvalue weighted by molar-refractivity contribution is 5.76. The maximum absolute atomic E-state index is 11.1. The van der Waals surface area contributed by atoms with Crippen LogP contribution in [0.25, 0.3) is 0 Å². The molecule has 0 saturated carbocycles. The lowest BCUT2D eigenvalue weighted by Gasteiger charge is -2.29. The van der Waals surface area contributed by atoms with Crippen LogP contribution in [0.3, 0.4) is 0 Å². The zero-order chi connectivity index (χ0) is 9.84. The molecule has 1 atom stereocenters. The molecule has 5 heteroatoms. The fraction of sp³-hybridized carbons (Fsp3) is 0.750. The van der Waals surface area contributed by atoms with Crippen LogP contribution < -0.4 is 5.32 Å². The average Bonchev–Trinajstić information content (AvgIpc) is 2.07. The Balaban J connectivity index is 2.29. The van der Waals surface area contributed by atoms with Gasteiger partial charge in [-0.25, -0.2) is 0 Å². The number of likely N-dealkylation sites (N-methyl/N-ethyl adjacent to an activating group) is 1. The van der Waals surface area contributed by atoms with Gasteiger partial charge in [-0.3, -0.25) is 9.59 Å². The summed E-state index contributed by atoms with van der Waals surface area (Å²) in [6.07, 6.45) is 1.24. The number of carboxylic acids is 1. The van der Waals surface area contributed by atoms with E-state index >= 15 is 0 Å². The van der Waals surface area contributed by atoms with E-state index in [1.165, 1.54) is 0 Å². The smallest absolute Gasteiger partial charge is 0.317 e. The van der Waals surface area contributed by atoms with Crippen molar-refractivity contribution in [2.75, 3.05) is 20.1 Å². The van der Waals surface area contributed by atoms with E-state index in [1.807, 2.05) is 0 Å². The summed E-state index contributed by atoms with van der Waals surface area (Å²) >= 11 is 0. The first-order valence-corrected chi connectivity index (χ1v) is 4.28. The number of rotatable bonds is 3. The molecule has 1 heterocycles. The van der Waals surface area contributed by atoms with E-state index in [9.17, 15) is 9.59 Å². The number of carbonyl (C=O) groups is 2. The minimum atomic E-state index is -0.862. The topological polar surface area (TPSA) is 69.6 Å². The number of likely N-dealkylation sites (tertiary alicyclic amines) is 1. The molecule has 0 radical (unpaired) electrons. The summed E-state index contributed by atoms with van der Waals surface area (Å²) in [5, 5.41) is 11.3. The molecular weight excluding hydrogens is 172 g/mol. The van der Waals surface area contributed by atoms with Crippen LogP contribution in [0.15, 0.2) is 0 Å². The Hall–Kier alpha value is -1.10. The van der Waals surface area contributed by atoms with Crippen molar-refractivity contribution in [3.8, 4) is 0 Å². The Labute approximate surface area is 76.7 Å². The third kappa shape index (κ3) is 3.02. The van der Waals surface area contributed by atoms with Crippen molar-refractivity contribution in [2.24, 2.45) is 0 Å². The minimum absolute atomic E-state index is 0.0350. The molecular formula is C8H14N2O3. The normalized spacial score (nSPS) is 23.3. The predicted octanol–water partition coefficient (Wildman–Crippen LogP) is -0.719. The standard InChI is InChI=1S/C8H14N2O3/c1-10-5-6(2-3-7(10)11)9-4-8(12)13/h6,9H,2-5H2,1H3,(H,12,13). The molecule has 0 aromatic heterocycles. The molecule has 0 aromatic carbocycles. The van der Waals surface area contributed by atoms with Crippen LogP contribution in [0.2, 0.25) is 0 Å². The lowest BCUT2D eigenvalue weighted by molar-refractivity contribution is -0.136. The van der Waals surface area contributed by atoms with E-state index in [4.69, 9.17) is 5.11 Å². The van der Waals surface area contributed by atoms with Gasteiger partial charge in [0.15, 0.2) is 0 Å². The van der Waals surface area contributed by atoms with Crippen molar-refractivity contribution < 1.29 is 14.7 Å². The summed E-state index contributed by atoms with van der Waals surface area (Å²) in [6, 6.07) is 0.124. The van der Waals surface area contributed by atoms with Crippen LogP contribution in [0.5, 0.6) is 0 Å². The van der Waals surface area contributed by atoms with Crippen molar-refractivity contribution in [2.45, 2.75) is 18.9 Å². The number of aliphatic carboxylic acids is 1. The number of nitrogens with one attached hydrogen (secondary N) is 1. The van der Waals surface area contributed by atoms with E-state index in [2.05, 4.69) is 5.32 Å². The van der Waals surface area contributed by atoms with Gasteiger partial charge in [0.1, 0.15) is 0 Å². The molecule has 1 aliphatic rings. The zero-order valence-corrected chi connectivity index (χ0v) is 7.62. The highest BCUT2D eigenvalue weighted by Gasteiger charge is 2.22. The number of carboxylic acid groups (broad SMARTS) is 1. The third-order valence-corrected chi connectivity index (χ3v) is 2.17. The molecule has 0 spiro atoms. The van der Waals surface area contributed by atoms with Crippen LogP contribution in [0.1, 0.15) is 12.8 Å². The first-order chi connectivity index (χ1) is 6.09. The van der Waals surface area contributed by atoms with Crippen LogP contribution in [-0.4, -0.2) is 48.1 Å². The quantitative estimate of drug-likeness (QED) is 0.610. The highest BCUT2D eigenvalue weighted by atomic mass is 16.4. The predicted molar refractivity (Wildman–Crippen MR) is 46.3 cm³/mol. The summed E-state index contributed by atoms with van der Waals surface area (Å²) in [5.74, 6) is -0.729. The molecule has 5 nitrogen and oxygen atoms in total. The van der Waals surface area contributed by atoms with Gasteiger partial charge in [-0.15, -0.1) is 0 Å². The van der Waals surface area contributed by atoms with Crippen LogP contribution in [0.4, 0.5) is 0 Å². The molecule has 0 aromatic rings. The molecule has 2 N–H and O–H groups in total. The van der Waals surface area contributed by atoms with Gasteiger partial charge in [0.2, 0.25) is 5.91 Å². The van der Waals surface area contributed by atoms with E-state index in [0.29, 0.717) is 13.0 Å². The van der Waals surface area contributed by atoms with Gasteiger partial charge in [-0.2, -0.15) is 0 Å². The second-order valence-electron chi connectivity index (χ2n) is 3.28. The van der Waals surface area contributed by atoms with Crippen LogP contribution >= 0.6 is 0 Å². The van der Waals surface area contributed by atoms with Gasteiger partial charge in [-0.05, 0) is 6.42 Å². The molecule has 74 valence electrons. The first-order valence-electron chi connectivity index (χ1n) is 4.28. The van der Waals surface area contributed by atoms with Gasteiger partial charge in [0, 0.05) is 26.1 Å². The summed E-state index contributed by atoms with van der Waals surface area (Å²) in [6.45, 7) is 0.568. The monoisotopic (exact) mass is 186 g/mol.